The number of benzene rings is 1. The minimum absolute atomic E-state index is 0.149. The molecular formula is C15H16N2O2. The summed E-state index contributed by atoms with van der Waals surface area (Å²) in [4.78, 5) is 0. The van der Waals surface area contributed by atoms with Crippen molar-refractivity contribution in [2.24, 2.45) is 7.05 Å². The minimum atomic E-state index is -0.149. The average Bonchev–Trinajstić information content (AvgIpc) is 2.83. The van der Waals surface area contributed by atoms with Gasteiger partial charge in [-0.1, -0.05) is 24.0 Å². The van der Waals surface area contributed by atoms with Crippen LogP contribution >= 0.6 is 0 Å². The van der Waals surface area contributed by atoms with E-state index in [0.717, 1.165) is 23.4 Å². The summed E-state index contributed by atoms with van der Waals surface area (Å²) in [5, 5.41) is 12.8. The summed E-state index contributed by atoms with van der Waals surface area (Å²) in [5.74, 6) is 6.25. The standard InChI is InChI=1S/C15H16N2O2/c1-17-14(8-10-16-17)9-12-19-15-7-3-2-5-13(15)6-4-11-18/h2-3,5,7-8,10,18H,9,11-12H2,1H3. The van der Waals surface area contributed by atoms with E-state index in [1.165, 1.54) is 0 Å². The lowest BCUT2D eigenvalue weighted by molar-refractivity contribution is 0.317. The Balaban J connectivity index is 1.98. The molecule has 0 aliphatic carbocycles. The molecule has 0 amide bonds. The van der Waals surface area contributed by atoms with E-state index in [-0.39, 0.29) is 6.61 Å². The quantitative estimate of drug-likeness (QED) is 0.841. The maximum absolute atomic E-state index is 8.73. The maximum atomic E-state index is 8.73. The molecule has 1 heterocycles. The highest BCUT2D eigenvalue weighted by atomic mass is 16.5. The van der Waals surface area contributed by atoms with Gasteiger partial charge in [-0.05, 0) is 18.2 Å². The van der Waals surface area contributed by atoms with Crippen LogP contribution in [0.2, 0.25) is 0 Å². The zero-order valence-corrected chi connectivity index (χ0v) is 10.8. The number of ether oxygens (including phenoxy) is 1. The first-order chi connectivity index (χ1) is 9.31. The largest absolute Gasteiger partial charge is 0.492 e. The third-order valence-electron chi connectivity index (χ3n) is 2.73. The smallest absolute Gasteiger partial charge is 0.134 e. The van der Waals surface area contributed by atoms with Crippen molar-refractivity contribution >= 4 is 0 Å². The van der Waals surface area contributed by atoms with E-state index in [2.05, 4.69) is 16.9 Å². The highest BCUT2D eigenvalue weighted by Gasteiger charge is 2.02. The Morgan fingerprint density at radius 2 is 2.16 bits per heavy atom. The van der Waals surface area contributed by atoms with Gasteiger partial charge in [0.1, 0.15) is 12.4 Å². The summed E-state index contributed by atoms with van der Waals surface area (Å²) in [5.41, 5.74) is 1.92. The van der Waals surface area contributed by atoms with Crippen LogP contribution < -0.4 is 4.74 Å². The molecule has 0 bridgehead atoms. The van der Waals surface area contributed by atoms with Gasteiger partial charge in [-0.3, -0.25) is 4.68 Å². The molecule has 4 nitrogen and oxygen atoms in total. The highest BCUT2D eigenvalue weighted by Crippen LogP contribution is 2.16. The van der Waals surface area contributed by atoms with Crippen LogP contribution in [-0.4, -0.2) is 28.1 Å². The maximum Gasteiger partial charge on any atom is 0.134 e. The molecule has 0 spiro atoms. The van der Waals surface area contributed by atoms with Crippen molar-refractivity contribution in [2.45, 2.75) is 6.42 Å². The van der Waals surface area contributed by atoms with Gasteiger partial charge in [-0.2, -0.15) is 5.10 Å². The van der Waals surface area contributed by atoms with Crippen LogP contribution in [0.4, 0.5) is 0 Å². The van der Waals surface area contributed by atoms with Gasteiger partial charge in [-0.25, -0.2) is 0 Å². The van der Waals surface area contributed by atoms with E-state index in [4.69, 9.17) is 9.84 Å². The van der Waals surface area contributed by atoms with Gasteiger partial charge in [0, 0.05) is 25.4 Å². The molecule has 0 aliphatic heterocycles. The number of rotatable bonds is 4. The molecule has 98 valence electrons. The number of aromatic nitrogens is 2. The number of hydrogen-bond donors (Lipinski definition) is 1. The predicted octanol–water partition coefficient (Wildman–Crippen LogP) is 1.39. The van der Waals surface area contributed by atoms with E-state index in [1.807, 2.05) is 42.1 Å². The van der Waals surface area contributed by atoms with Crippen molar-refractivity contribution in [1.29, 1.82) is 0 Å². The van der Waals surface area contributed by atoms with Gasteiger partial charge in [-0.15, -0.1) is 0 Å². The van der Waals surface area contributed by atoms with Crippen LogP contribution in [0.5, 0.6) is 5.75 Å². The van der Waals surface area contributed by atoms with E-state index in [0.29, 0.717) is 6.61 Å². The lowest BCUT2D eigenvalue weighted by Crippen LogP contribution is -2.06. The molecule has 1 aromatic carbocycles. The third-order valence-corrected chi connectivity index (χ3v) is 2.73. The Bertz CT molecular complexity index is 593. The van der Waals surface area contributed by atoms with Crippen molar-refractivity contribution in [2.75, 3.05) is 13.2 Å². The van der Waals surface area contributed by atoms with Crippen molar-refractivity contribution in [3.05, 3.63) is 47.8 Å². The van der Waals surface area contributed by atoms with Gasteiger partial charge in [0.05, 0.1) is 12.2 Å². The van der Waals surface area contributed by atoms with Gasteiger partial charge >= 0.3 is 0 Å². The van der Waals surface area contributed by atoms with Gasteiger partial charge < -0.3 is 9.84 Å². The Hall–Kier alpha value is -2.25. The van der Waals surface area contributed by atoms with Crippen LogP contribution in [0.15, 0.2) is 36.5 Å². The number of hydrogen-bond acceptors (Lipinski definition) is 3. The predicted molar refractivity (Wildman–Crippen MR) is 72.8 cm³/mol. The number of nitrogens with zero attached hydrogens (tertiary/aromatic N) is 2. The minimum Gasteiger partial charge on any atom is -0.492 e. The summed E-state index contributed by atoms with van der Waals surface area (Å²) in [6.45, 7) is 0.417. The fourth-order valence-electron chi connectivity index (χ4n) is 1.74. The first kappa shape index (κ1) is 13.2. The molecule has 0 aliphatic rings. The summed E-state index contributed by atoms with van der Waals surface area (Å²) in [6.07, 6.45) is 2.56. The highest BCUT2D eigenvalue weighted by molar-refractivity contribution is 5.45. The second-order valence-electron chi connectivity index (χ2n) is 4.00. The first-order valence-corrected chi connectivity index (χ1v) is 6.09. The van der Waals surface area contributed by atoms with E-state index >= 15 is 0 Å². The molecule has 0 radical (unpaired) electrons. The molecular weight excluding hydrogens is 240 g/mol. The van der Waals surface area contributed by atoms with E-state index in [1.54, 1.807) is 6.20 Å². The first-order valence-electron chi connectivity index (χ1n) is 6.09. The van der Waals surface area contributed by atoms with Crippen molar-refractivity contribution in [3.63, 3.8) is 0 Å². The number of aryl methyl sites for hydroxylation is 1. The fraction of sp³-hybridized carbons (Fsp3) is 0.267. The summed E-state index contributed by atoms with van der Waals surface area (Å²) in [6, 6.07) is 9.53. The lowest BCUT2D eigenvalue weighted by atomic mass is 10.2. The number of aliphatic hydroxyl groups is 1. The molecule has 19 heavy (non-hydrogen) atoms. The van der Waals surface area contributed by atoms with Crippen molar-refractivity contribution < 1.29 is 9.84 Å². The average molecular weight is 256 g/mol. The Morgan fingerprint density at radius 1 is 1.32 bits per heavy atom. The molecule has 1 aromatic heterocycles. The van der Waals surface area contributed by atoms with Gasteiger partial charge in [0.2, 0.25) is 0 Å². The van der Waals surface area contributed by atoms with E-state index < -0.39 is 0 Å². The normalized spacial score (nSPS) is 9.79. The Labute approximate surface area is 112 Å². The second kappa shape index (κ2) is 6.62. The molecule has 2 rings (SSSR count). The molecule has 0 atom stereocenters. The van der Waals surface area contributed by atoms with Crippen LogP contribution in [0.25, 0.3) is 0 Å². The zero-order chi connectivity index (χ0) is 13.5. The molecule has 0 fully saturated rings. The molecule has 1 N–H and O–H groups in total. The summed E-state index contributed by atoms with van der Waals surface area (Å²) >= 11 is 0. The monoisotopic (exact) mass is 256 g/mol. The topological polar surface area (TPSA) is 47.3 Å². The second-order valence-corrected chi connectivity index (χ2v) is 4.00. The Morgan fingerprint density at radius 3 is 2.89 bits per heavy atom. The summed E-state index contributed by atoms with van der Waals surface area (Å²) in [7, 11) is 1.91. The van der Waals surface area contributed by atoms with Gasteiger partial charge in [0.15, 0.2) is 0 Å². The SMILES string of the molecule is Cn1nccc1CCOc1ccccc1C#CCO. The van der Waals surface area contributed by atoms with Crippen LogP contribution in [-0.2, 0) is 13.5 Å². The van der Waals surface area contributed by atoms with Crippen LogP contribution in [0.3, 0.4) is 0 Å². The van der Waals surface area contributed by atoms with E-state index in [9.17, 15) is 0 Å². The Kier molecular flexibility index (Phi) is 4.60. The fourth-order valence-corrected chi connectivity index (χ4v) is 1.74. The zero-order valence-electron chi connectivity index (χ0n) is 10.8. The molecule has 4 heteroatoms. The van der Waals surface area contributed by atoms with Crippen LogP contribution in [0, 0.1) is 11.8 Å². The van der Waals surface area contributed by atoms with Crippen LogP contribution in [0.1, 0.15) is 11.3 Å². The molecule has 2 aromatic rings. The number of aliphatic hydroxyl groups excluding tert-OH is 1. The lowest BCUT2D eigenvalue weighted by Gasteiger charge is -2.08. The third kappa shape index (κ3) is 3.60. The molecule has 0 saturated heterocycles. The molecule has 0 saturated carbocycles. The van der Waals surface area contributed by atoms with Crippen molar-refractivity contribution in [3.8, 4) is 17.6 Å². The molecule has 0 unspecified atom stereocenters. The van der Waals surface area contributed by atoms with Gasteiger partial charge in [0.25, 0.3) is 0 Å². The van der Waals surface area contributed by atoms with Crippen molar-refractivity contribution in [1.82, 2.24) is 9.78 Å². The summed E-state index contributed by atoms with van der Waals surface area (Å²) < 4.78 is 7.57. The number of para-hydroxylation sites is 1.